The van der Waals surface area contributed by atoms with Gasteiger partial charge in [-0.15, -0.1) is 0 Å². The van der Waals surface area contributed by atoms with Crippen LogP contribution in [0.1, 0.15) is 59.3 Å². The molecule has 0 aliphatic rings. The fraction of sp³-hybridized carbons (Fsp3) is 0.867. The van der Waals surface area contributed by atoms with Gasteiger partial charge in [0.15, 0.2) is 0 Å². The monoisotopic (exact) mass is 286 g/mol. The highest BCUT2D eigenvalue weighted by atomic mass is 16.4. The lowest BCUT2D eigenvalue weighted by Crippen LogP contribution is -2.40. The normalized spacial score (nSPS) is 14.1. The number of carbonyl (C=O) groups excluding carboxylic acids is 1. The number of carboxylic acid groups (broad SMARTS) is 1. The average molecular weight is 286 g/mol. The van der Waals surface area contributed by atoms with Crippen molar-refractivity contribution in [2.24, 2.45) is 17.6 Å². The Balaban J connectivity index is 4.20. The maximum Gasteiger partial charge on any atom is 0.326 e. The van der Waals surface area contributed by atoms with Crippen molar-refractivity contribution in [1.29, 1.82) is 0 Å². The SMILES string of the molecule is CCCC[C@H](NC(=O)CCC(CCN)C(C)C)C(=O)O. The molecule has 0 bridgehead atoms. The largest absolute Gasteiger partial charge is 0.480 e. The number of hydrogen-bond donors (Lipinski definition) is 3. The number of aliphatic carboxylic acids is 1. The molecular weight excluding hydrogens is 256 g/mol. The van der Waals surface area contributed by atoms with Gasteiger partial charge in [0.1, 0.15) is 6.04 Å². The summed E-state index contributed by atoms with van der Waals surface area (Å²) >= 11 is 0. The second-order valence-electron chi connectivity index (χ2n) is 5.72. The number of carboxylic acids is 1. The molecule has 0 saturated heterocycles. The maximum absolute atomic E-state index is 11.8. The van der Waals surface area contributed by atoms with E-state index in [1.807, 2.05) is 6.92 Å². The molecule has 118 valence electrons. The van der Waals surface area contributed by atoms with E-state index in [9.17, 15) is 9.59 Å². The first-order valence-corrected chi connectivity index (χ1v) is 7.64. The molecule has 0 aliphatic heterocycles. The van der Waals surface area contributed by atoms with Gasteiger partial charge in [0.05, 0.1) is 0 Å². The van der Waals surface area contributed by atoms with Crippen LogP contribution in [0.3, 0.4) is 0 Å². The summed E-state index contributed by atoms with van der Waals surface area (Å²) in [4.78, 5) is 22.9. The van der Waals surface area contributed by atoms with Gasteiger partial charge in [0.25, 0.3) is 0 Å². The highest BCUT2D eigenvalue weighted by Gasteiger charge is 2.20. The van der Waals surface area contributed by atoms with Gasteiger partial charge in [-0.3, -0.25) is 4.79 Å². The number of unbranched alkanes of at least 4 members (excludes halogenated alkanes) is 1. The van der Waals surface area contributed by atoms with E-state index in [0.717, 1.165) is 25.7 Å². The summed E-state index contributed by atoms with van der Waals surface area (Å²) in [5.74, 6) is -0.211. The Morgan fingerprint density at radius 2 is 1.85 bits per heavy atom. The molecule has 4 N–H and O–H groups in total. The topological polar surface area (TPSA) is 92.4 Å². The molecule has 0 heterocycles. The molecule has 0 aliphatic carbocycles. The van der Waals surface area contributed by atoms with Gasteiger partial charge < -0.3 is 16.2 Å². The van der Waals surface area contributed by atoms with Crippen LogP contribution in [0.4, 0.5) is 0 Å². The molecular formula is C15H30N2O3. The highest BCUT2D eigenvalue weighted by Crippen LogP contribution is 2.20. The van der Waals surface area contributed by atoms with Crippen molar-refractivity contribution in [1.82, 2.24) is 5.32 Å². The van der Waals surface area contributed by atoms with Gasteiger partial charge >= 0.3 is 5.97 Å². The molecule has 0 aromatic carbocycles. The van der Waals surface area contributed by atoms with Crippen LogP contribution >= 0.6 is 0 Å². The fourth-order valence-corrected chi connectivity index (χ4v) is 2.27. The summed E-state index contributed by atoms with van der Waals surface area (Å²) in [5.41, 5.74) is 5.57. The Morgan fingerprint density at radius 1 is 1.20 bits per heavy atom. The minimum atomic E-state index is -0.950. The van der Waals surface area contributed by atoms with Crippen LogP contribution in [-0.4, -0.2) is 29.6 Å². The molecule has 0 radical (unpaired) electrons. The predicted molar refractivity (Wildman–Crippen MR) is 80.3 cm³/mol. The summed E-state index contributed by atoms with van der Waals surface area (Å²) in [6.45, 7) is 6.87. The van der Waals surface area contributed by atoms with Crippen molar-refractivity contribution in [3.63, 3.8) is 0 Å². The number of amides is 1. The second kappa shape index (κ2) is 10.7. The van der Waals surface area contributed by atoms with Crippen LogP contribution in [0.2, 0.25) is 0 Å². The van der Waals surface area contributed by atoms with E-state index in [0.29, 0.717) is 31.2 Å². The zero-order valence-electron chi connectivity index (χ0n) is 13.0. The van der Waals surface area contributed by atoms with Crippen molar-refractivity contribution < 1.29 is 14.7 Å². The summed E-state index contributed by atoms with van der Waals surface area (Å²) in [6, 6.07) is -0.755. The molecule has 0 fully saturated rings. The highest BCUT2D eigenvalue weighted by molar-refractivity contribution is 5.83. The zero-order chi connectivity index (χ0) is 15.5. The van der Waals surface area contributed by atoms with Crippen LogP contribution in [0.5, 0.6) is 0 Å². The molecule has 0 rings (SSSR count). The lowest BCUT2D eigenvalue weighted by atomic mass is 9.88. The molecule has 20 heavy (non-hydrogen) atoms. The van der Waals surface area contributed by atoms with Crippen molar-refractivity contribution >= 4 is 11.9 Å². The van der Waals surface area contributed by atoms with Crippen LogP contribution in [0.15, 0.2) is 0 Å². The lowest BCUT2D eigenvalue weighted by molar-refractivity contribution is -0.142. The van der Waals surface area contributed by atoms with Gasteiger partial charge in [0.2, 0.25) is 5.91 Å². The summed E-state index contributed by atoms with van der Waals surface area (Å²) in [5, 5.41) is 11.7. The second-order valence-corrected chi connectivity index (χ2v) is 5.72. The Labute approximate surface area is 122 Å². The standard InChI is InChI=1S/C15H30N2O3/c1-4-5-6-13(15(19)20)17-14(18)8-7-12(9-10-16)11(2)3/h11-13H,4-10,16H2,1-3H3,(H,17,18)(H,19,20)/t12?,13-/m0/s1. The number of carbonyl (C=O) groups is 2. The van der Waals surface area contributed by atoms with Crippen molar-refractivity contribution in [3.05, 3.63) is 0 Å². The lowest BCUT2D eigenvalue weighted by Gasteiger charge is -2.20. The van der Waals surface area contributed by atoms with Crippen molar-refractivity contribution in [2.45, 2.75) is 65.3 Å². The van der Waals surface area contributed by atoms with Gasteiger partial charge in [-0.2, -0.15) is 0 Å². The average Bonchev–Trinajstić information content (AvgIpc) is 2.38. The molecule has 5 heteroatoms. The number of hydrogen-bond acceptors (Lipinski definition) is 3. The molecule has 0 spiro atoms. The molecule has 0 aromatic rings. The predicted octanol–water partition coefficient (Wildman–Crippen LogP) is 2.15. The van der Waals surface area contributed by atoms with E-state index >= 15 is 0 Å². The zero-order valence-corrected chi connectivity index (χ0v) is 13.0. The molecule has 5 nitrogen and oxygen atoms in total. The van der Waals surface area contributed by atoms with Gasteiger partial charge in [0, 0.05) is 6.42 Å². The van der Waals surface area contributed by atoms with Gasteiger partial charge in [-0.1, -0.05) is 33.6 Å². The Kier molecular flexibility index (Phi) is 10.1. The smallest absolute Gasteiger partial charge is 0.326 e. The quantitative estimate of drug-likeness (QED) is 0.542. The summed E-state index contributed by atoms with van der Waals surface area (Å²) < 4.78 is 0. The van der Waals surface area contributed by atoms with Crippen LogP contribution < -0.4 is 11.1 Å². The number of nitrogens with one attached hydrogen (secondary N) is 1. The Morgan fingerprint density at radius 3 is 2.30 bits per heavy atom. The molecule has 0 saturated carbocycles. The van der Waals surface area contributed by atoms with Crippen molar-refractivity contribution in [2.75, 3.05) is 6.54 Å². The first-order chi connectivity index (χ1) is 9.42. The summed E-state index contributed by atoms with van der Waals surface area (Å²) in [7, 11) is 0. The minimum Gasteiger partial charge on any atom is -0.480 e. The first kappa shape index (κ1) is 18.9. The third kappa shape index (κ3) is 8.15. The third-order valence-electron chi connectivity index (χ3n) is 3.70. The van der Waals surface area contributed by atoms with Gasteiger partial charge in [-0.25, -0.2) is 4.79 Å². The van der Waals surface area contributed by atoms with E-state index in [4.69, 9.17) is 10.8 Å². The molecule has 1 unspecified atom stereocenters. The third-order valence-corrected chi connectivity index (χ3v) is 3.70. The molecule has 1 amide bonds. The Hall–Kier alpha value is -1.10. The van der Waals surface area contributed by atoms with Crippen molar-refractivity contribution in [3.8, 4) is 0 Å². The van der Waals surface area contributed by atoms with Crippen LogP contribution in [-0.2, 0) is 9.59 Å². The molecule has 2 atom stereocenters. The fourth-order valence-electron chi connectivity index (χ4n) is 2.27. The maximum atomic E-state index is 11.8. The minimum absolute atomic E-state index is 0.170. The van der Waals surface area contributed by atoms with Gasteiger partial charge in [-0.05, 0) is 37.6 Å². The van der Waals surface area contributed by atoms with E-state index in [2.05, 4.69) is 19.2 Å². The Bertz CT molecular complexity index is 293. The van der Waals surface area contributed by atoms with Crippen LogP contribution in [0.25, 0.3) is 0 Å². The van der Waals surface area contributed by atoms with E-state index < -0.39 is 12.0 Å². The van der Waals surface area contributed by atoms with E-state index in [-0.39, 0.29) is 5.91 Å². The summed E-state index contributed by atoms with van der Waals surface area (Å²) in [6.07, 6.45) is 4.27. The molecule has 0 aromatic heterocycles. The number of nitrogens with two attached hydrogens (primary N) is 1. The van der Waals surface area contributed by atoms with E-state index in [1.165, 1.54) is 0 Å². The number of rotatable bonds is 11. The van der Waals surface area contributed by atoms with Crippen LogP contribution in [0, 0.1) is 11.8 Å². The van der Waals surface area contributed by atoms with E-state index in [1.54, 1.807) is 0 Å². The first-order valence-electron chi connectivity index (χ1n) is 7.64.